The van der Waals surface area contributed by atoms with Gasteiger partial charge >= 0.3 is 6.03 Å². The SMILES string of the molecule is Cc1nn(-c2ccccc2)c2c1CN(C(=O)NC1CCCC1)[C@@H](c1cccc(F)c1)c1cccn1-2. The predicted octanol–water partition coefficient (Wildman–Crippen LogP) is 5.67. The summed E-state index contributed by atoms with van der Waals surface area (Å²) >= 11 is 0. The van der Waals surface area contributed by atoms with Crippen LogP contribution in [0.25, 0.3) is 11.5 Å². The first kappa shape index (κ1) is 21.6. The molecule has 6 nitrogen and oxygen atoms in total. The van der Waals surface area contributed by atoms with Crippen LogP contribution in [0, 0.1) is 12.7 Å². The average Bonchev–Trinajstić information content (AvgIpc) is 3.59. The standard InChI is InChI=1S/C28H28FN5O/c1-19-24-18-33(28(35)30-22-11-5-6-12-22)26(20-9-7-10-21(29)17-20)25-15-8-16-32(25)27(24)34(31-19)23-13-3-2-4-14-23/h2-4,7-10,13-17,22,26H,5-6,11-12,18H2,1H3,(H,30,35)/t26-/m0/s1. The van der Waals surface area contributed by atoms with Crippen LogP contribution >= 0.6 is 0 Å². The van der Waals surface area contributed by atoms with Gasteiger partial charge in [0.1, 0.15) is 11.6 Å². The summed E-state index contributed by atoms with van der Waals surface area (Å²) in [5.41, 5.74) is 4.43. The lowest BCUT2D eigenvalue weighted by Crippen LogP contribution is -2.45. The summed E-state index contributed by atoms with van der Waals surface area (Å²) in [7, 11) is 0. The van der Waals surface area contributed by atoms with Crippen molar-refractivity contribution in [3.63, 3.8) is 0 Å². The highest BCUT2D eigenvalue weighted by molar-refractivity contribution is 5.76. The van der Waals surface area contributed by atoms with Crippen LogP contribution in [0.5, 0.6) is 0 Å². The zero-order valence-corrected chi connectivity index (χ0v) is 19.7. The number of fused-ring (bicyclic) bond motifs is 3. The van der Waals surface area contributed by atoms with Crippen LogP contribution in [0.3, 0.4) is 0 Å². The lowest BCUT2D eigenvalue weighted by atomic mass is 10.0. The quantitative estimate of drug-likeness (QED) is 0.420. The Morgan fingerprint density at radius 2 is 1.83 bits per heavy atom. The van der Waals surface area contributed by atoms with Crippen molar-refractivity contribution in [2.45, 2.75) is 51.2 Å². The second-order valence-electron chi connectivity index (χ2n) is 9.45. The number of carbonyl (C=O) groups is 1. The van der Waals surface area contributed by atoms with E-state index in [1.54, 1.807) is 6.07 Å². The van der Waals surface area contributed by atoms with Gasteiger partial charge in [0.15, 0.2) is 0 Å². The minimum atomic E-state index is -0.446. The molecule has 1 aliphatic carbocycles. The highest BCUT2D eigenvalue weighted by Crippen LogP contribution is 2.38. The fraction of sp³-hybridized carbons (Fsp3) is 0.286. The zero-order valence-electron chi connectivity index (χ0n) is 19.7. The Balaban J connectivity index is 1.53. The number of aryl methyl sites for hydroxylation is 1. The monoisotopic (exact) mass is 469 g/mol. The number of hydrogen-bond donors (Lipinski definition) is 1. The maximum atomic E-state index is 14.4. The first-order valence-electron chi connectivity index (χ1n) is 12.2. The van der Waals surface area contributed by atoms with Crippen LogP contribution in [0.1, 0.15) is 54.2 Å². The molecule has 0 bridgehead atoms. The molecule has 0 spiro atoms. The van der Waals surface area contributed by atoms with E-state index in [1.807, 2.05) is 71.2 Å². The largest absolute Gasteiger partial charge is 0.335 e. The molecule has 2 aromatic heterocycles. The van der Waals surface area contributed by atoms with Crippen LogP contribution in [0.15, 0.2) is 72.9 Å². The van der Waals surface area contributed by atoms with Crippen molar-refractivity contribution in [1.82, 2.24) is 24.6 Å². The van der Waals surface area contributed by atoms with E-state index in [-0.39, 0.29) is 17.9 Å². The highest BCUT2D eigenvalue weighted by atomic mass is 19.1. The van der Waals surface area contributed by atoms with E-state index in [1.165, 1.54) is 12.1 Å². The Labute approximate surface area is 204 Å². The number of nitrogens with one attached hydrogen (secondary N) is 1. The van der Waals surface area contributed by atoms with Gasteiger partial charge in [0.2, 0.25) is 0 Å². The number of halogens is 1. The summed E-state index contributed by atoms with van der Waals surface area (Å²) in [5.74, 6) is 0.594. The summed E-state index contributed by atoms with van der Waals surface area (Å²) < 4.78 is 18.4. The summed E-state index contributed by atoms with van der Waals surface area (Å²) in [4.78, 5) is 15.6. The maximum Gasteiger partial charge on any atom is 0.318 e. The molecule has 1 fully saturated rings. The number of amides is 2. The van der Waals surface area contributed by atoms with Crippen LogP contribution in [-0.2, 0) is 6.54 Å². The van der Waals surface area contributed by atoms with E-state index in [0.717, 1.165) is 59.7 Å². The third-order valence-electron chi connectivity index (χ3n) is 7.19. The van der Waals surface area contributed by atoms with E-state index in [0.29, 0.717) is 6.54 Å². The molecule has 6 rings (SSSR count). The van der Waals surface area contributed by atoms with E-state index in [2.05, 4.69) is 9.88 Å². The number of urea groups is 1. The van der Waals surface area contributed by atoms with Crippen LogP contribution in [0.2, 0.25) is 0 Å². The summed E-state index contributed by atoms with van der Waals surface area (Å²) in [6.45, 7) is 2.35. The van der Waals surface area contributed by atoms with Gasteiger partial charge in [-0.1, -0.05) is 43.2 Å². The van der Waals surface area contributed by atoms with Gasteiger partial charge in [-0.25, -0.2) is 13.9 Å². The first-order valence-corrected chi connectivity index (χ1v) is 12.2. The molecule has 2 amide bonds. The van der Waals surface area contributed by atoms with Crippen LogP contribution in [0.4, 0.5) is 9.18 Å². The Morgan fingerprint density at radius 1 is 1.03 bits per heavy atom. The molecule has 178 valence electrons. The Kier molecular flexibility index (Phi) is 5.40. The Hall–Kier alpha value is -3.87. The predicted molar refractivity (Wildman–Crippen MR) is 132 cm³/mol. The smallest absolute Gasteiger partial charge is 0.318 e. The molecule has 4 aromatic rings. The first-order chi connectivity index (χ1) is 17.1. The van der Waals surface area contributed by atoms with Gasteiger partial charge in [-0.3, -0.25) is 0 Å². The van der Waals surface area contributed by atoms with Gasteiger partial charge < -0.3 is 14.8 Å². The topological polar surface area (TPSA) is 55.1 Å². The molecular weight excluding hydrogens is 441 g/mol. The number of aromatic nitrogens is 3. The third kappa shape index (κ3) is 3.81. The summed E-state index contributed by atoms with van der Waals surface area (Å²) in [6.07, 6.45) is 6.26. The van der Waals surface area contributed by atoms with Gasteiger partial charge in [0, 0.05) is 17.8 Å². The Bertz CT molecular complexity index is 1370. The second-order valence-corrected chi connectivity index (χ2v) is 9.45. The molecule has 7 heteroatoms. The van der Waals surface area contributed by atoms with Crippen LogP contribution in [-0.4, -0.2) is 31.3 Å². The molecule has 0 saturated heterocycles. The van der Waals surface area contributed by atoms with Crippen molar-refractivity contribution < 1.29 is 9.18 Å². The lowest BCUT2D eigenvalue weighted by Gasteiger charge is -2.32. The number of carbonyl (C=O) groups excluding carboxylic acids is 1. The second kappa shape index (κ2) is 8.73. The summed E-state index contributed by atoms with van der Waals surface area (Å²) in [5, 5.41) is 8.13. The fourth-order valence-corrected chi connectivity index (χ4v) is 5.50. The molecule has 0 radical (unpaired) electrons. The van der Waals surface area contributed by atoms with Gasteiger partial charge in [0.25, 0.3) is 0 Å². The number of para-hydroxylation sites is 1. The van der Waals surface area contributed by atoms with E-state index < -0.39 is 6.04 Å². The van der Waals surface area contributed by atoms with Crippen LogP contribution < -0.4 is 5.32 Å². The third-order valence-corrected chi connectivity index (χ3v) is 7.19. The number of rotatable bonds is 3. The molecule has 2 aliphatic rings. The molecule has 3 heterocycles. The lowest BCUT2D eigenvalue weighted by molar-refractivity contribution is 0.176. The van der Waals surface area contributed by atoms with Crippen molar-refractivity contribution in [3.05, 3.63) is 101 Å². The van der Waals surface area contributed by atoms with E-state index in [9.17, 15) is 9.18 Å². The minimum Gasteiger partial charge on any atom is -0.335 e. The van der Waals surface area contributed by atoms with Crippen molar-refractivity contribution in [2.75, 3.05) is 0 Å². The molecular formula is C28H28FN5O. The van der Waals surface area contributed by atoms with Crippen molar-refractivity contribution >= 4 is 6.03 Å². The van der Waals surface area contributed by atoms with Gasteiger partial charge in [-0.2, -0.15) is 5.10 Å². The van der Waals surface area contributed by atoms with Crippen molar-refractivity contribution in [2.24, 2.45) is 0 Å². The Morgan fingerprint density at radius 3 is 2.60 bits per heavy atom. The molecule has 35 heavy (non-hydrogen) atoms. The average molecular weight is 470 g/mol. The molecule has 1 saturated carbocycles. The fourth-order valence-electron chi connectivity index (χ4n) is 5.50. The van der Waals surface area contributed by atoms with E-state index in [4.69, 9.17) is 5.10 Å². The number of hydrogen-bond acceptors (Lipinski definition) is 2. The molecule has 1 aliphatic heterocycles. The zero-order chi connectivity index (χ0) is 23.9. The number of nitrogens with zero attached hydrogens (tertiary/aromatic N) is 4. The molecule has 0 unspecified atom stereocenters. The highest BCUT2D eigenvalue weighted by Gasteiger charge is 2.36. The molecule has 1 atom stereocenters. The molecule has 1 N–H and O–H groups in total. The van der Waals surface area contributed by atoms with Gasteiger partial charge in [-0.15, -0.1) is 0 Å². The summed E-state index contributed by atoms with van der Waals surface area (Å²) in [6, 6.07) is 20.2. The minimum absolute atomic E-state index is 0.126. The van der Waals surface area contributed by atoms with Gasteiger partial charge in [0.05, 0.1) is 29.7 Å². The molecule has 2 aromatic carbocycles. The van der Waals surface area contributed by atoms with Gasteiger partial charge in [-0.05, 0) is 61.7 Å². The maximum absolute atomic E-state index is 14.4. The number of benzene rings is 2. The van der Waals surface area contributed by atoms with Crippen molar-refractivity contribution in [3.8, 4) is 11.5 Å². The van der Waals surface area contributed by atoms with Crippen molar-refractivity contribution in [1.29, 1.82) is 0 Å². The normalized spacial score (nSPS) is 17.7. The van der Waals surface area contributed by atoms with E-state index >= 15 is 0 Å².